The average Bonchev–Trinajstić information content (AvgIpc) is 3.47. The van der Waals surface area contributed by atoms with E-state index in [-0.39, 0.29) is 35.0 Å². The third-order valence-corrected chi connectivity index (χ3v) is 15.3. The number of para-hydroxylation sites is 2. The maximum Gasteiger partial charge on any atom is 0.193 e. The Bertz CT molecular complexity index is 4200. The molecule has 0 saturated carbocycles. The number of carbonyl (C=O) groups is 6. The molecule has 12 aromatic rings. The third-order valence-electron chi connectivity index (χ3n) is 14.5. The van der Waals surface area contributed by atoms with E-state index in [1.165, 1.54) is 38.5 Å². The summed E-state index contributed by atoms with van der Waals surface area (Å²) < 4.78 is 21.8. The molecule has 0 fully saturated rings. The van der Waals surface area contributed by atoms with Crippen LogP contribution in [0.4, 0.5) is 0 Å². The van der Waals surface area contributed by atoms with Crippen LogP contribution < -0.4 is 0 Å². The number of Topliss-reactive ketones (excluding diaryl/α,β-unsaturated/α-hetero) is 6. The van der Waals surface area contributed by atoms with Crippen molar-refractivity contribution in [3.8, 4) is 0 Å². The highest BCUT2D eigenvalue weighted by Gasteiger charge is 2.30. The molecule has 0 saturated heterocycles. The summed E-state index contributed by atoms with van der Waals surface area (Å²) in [6, 6.07) is 47.9. The summed E-state index contributed by atoms with van der Waals surface area (Å²) in [7, 11) is 0. The van der Waals surface area contributed by atoms with Gasteiger partial charge in [0.1, 0.15) is 55.9 Å². The molecule has 0 unspecified atom stereocenters. The van der Waals surface area contributed by atoms with Crippen molar-refractivity contribution in [1.29, 1.82) is 0 Å². The van der Waals surface area contributed by atoms with Crippen LogP contribution in [0.2, 0.25) is 0 Å². The van der Waals surface area contributed by atoms with Gasteiger partial charge in [-0.15, -0.1) is 0 Å². The lowest BCUT2D eigenvalue weighted by molar-refractivity contribution is 0.0487. The van der Waals surface area contributed by atoms with Crippen LogP contribution in [0.15, 0.2) is 175 Å². The Morgan fingerprint density at radius 1 is 0.314 bits per heavy atom. The number of fused-ring (bicyclic) bond motifs is 12. The SMILES string of the molecule is CC(C)(Br)C(=O)c1ccc2oc3ccc(C(=O)C(C)(C)Br)cc3c2c1.CC(C)(O)C(=O)c1ccc2oc3ccc(C(=O)C(C)(C)O)cc3c2c1.CC(C)C(=O)c1ccc2oc3ccc(C(=O)C(C)C)cc3c2c1.c1ccc2c(c1)oc1ccccc12. The molecular weight excluding hydrogens is 1220 g/mol. The summed E-state index contributed by atoms with van der Waals surface area (Å²) in [5.41, 5.74) is 6.27. The summed E-state index contributed by atoms with van der Waals surface area (Å²) in [5, 5.41) is 27.0. The lowest BCUT2D eigenvalue weighted by Crippen LogP contribution is -2.31. The Labute approximate surface area is 513 Å². The molecule has 4 heterocycles. The molecule has 86 heavy (non-hydrogen) atoms. The number of rotatable bonds is 12. The van der Waals surface area contributed by atoms with Crippen molar-refractivity contribution in [3.05, 3.63) is 191 Å². The van der Waals surface area contributed by atoms with E-state index in [1.807, 2.05) is 128 Å². The standard InChI is InChI=1S/C20H18Br2O3.C20H20O5.C20H20O3.C12H8O/c1-19(2,21)17(23)11-5-7-15-13(9-11)14-10-12(6-8-16(14)25-15)18(24)20(3,4)22;1-19(2,23)17(21)11-5-7-15-13(9-11)14-10-12(6-8-16(14)25-15)18(22)20(3,4)24;1-11(2)19(21)13-5-7-17-15(9-13)16-10-14(20(22)12(3)4)6-8-18(16)23-17;1-3-7-11-9(5-1)10-6-2-4-8-12(10)13-11/h5-10H,1-4H3;5-10,23-24H,1-4H3;5-12H,1-4H3;1-8H. The van der Waals surface area contributed by atoms with Gasteiger partial charge in [0.05, 0.1) is 8.65 Å². The minimum Gasteiger partial charge on any atom is -0.456 e. The third kappa shape index (κ3) is 13.1. The van der Waals surface area contributed by atoms with Crippen LogP contribution >= 0.6 is 31.9 Å². The zero-order valence-electron chi connectivity index (χ0n) is 49.9. The minimum absolute atomic E-state index is 0.00225. The number of halogens is 2. The molecule has 0 radical (unpaired) electrons. The lowest BCUT2D eigenvalue weighted by atomic mass is 9.94. The van der Waals surface area contributed by atoms with Gasteiger partial charge >= 0.3 is 0 Å². The Morgan fingerprint density at radius 2 is 0.523 bits per heavy atom. The highest BCUT2D eigenvalue weighted by Crippen LogP contribution is 2.36. The second kappa shape index (κ2) is 24.0. The highest BCUT2D eigenvalue weighted by atomic mass is 79.9. The fraction of sp³-hybridized carbons (Fsp3) is 0.250. The number of carbonyl (C=O) groups excluding carboxylic acids is 6. The van der Waals surface area contributed by atoms with Crippen molar-refractivity contribution in [2.45, 2.75) is 103 Å². The van der Waals surface area contributed by atoms with Gasteiger partial charge < -0.3 is 27.9 Å². The van der Waals surface area contributed by atoms with Gasteiger partial charge in [0.2, 0.25) is 0 Å². The smallest absolute Gasteiger partial charge is 0.193 e. The quantitative estimate of drug-likeness (QED) is 0.0869. The molecule has 14 heteroatoms. The van der Waals surface area contributed by atoms with Crippen LogP contribution in [0.5, 0.6) is 0 Å². The van der Waals surface area contributed by atoms with Gasteiger partial charge in [-0.1, -0.05) is 96.0 Å². The molecule has 0 spiro atoms. The Balaban J connectivity index is 0.000000140. The van der Waals surface area contributed by atoms with E-state index in [1.54, 1.807) is 72.8 Å². The van der Waals surface area contributed by atoms with E-state index in [9.17, 15) is 39.0 Å². The number of alkyl halides is 2. The van der Waals surface area contributed by atoms with Crippen molar-refractivity contribution in [2.24, 2.45) is 11.8 Å². The molecule has 0 aliphatic rings. The lowest BCUT2D eigenvalue weighted by Gasteiger charge is -2.15. The Kier molecular flexibility index (Phi) is 17.4. The number of ketones is 6. The summed E-state index contributed by atoms with van der Waals surface area (Å²) in [6.45, 7) is 20.6. The van der Waals surface area contributed by atoms with Crippen molar-refractivity contribution >= 4 is 154 Å². The van der Waals surface area contributed by atoms with E-state index < -0.39 is 31.4 Å². The zero-order chi connectivity index (χ0) is 62.5. The highest BCUT2D eigenvalue weighted by molar-refractivity contribution is 9.10. The maximum atomic E-state index is 12.5. The maximum absolute atomic E-state index is 12.5. The van der Waals surface area contributed by atoms with E-state index in [0.717, 1.165) is 43.9 Å². The van der Waals surface area contributed by atoms with Crippen LogP contribution in [0, 0.1) is 11.8 Å². The van der Waals surface area contributed by atoms with E-state index >= 15 is 0 Å². The first-order valence-electron chi connectivity index (χ1n) is 28.2. The first-order valence-corrected chi connectivity index (χ1v) is 29.7. The molecule has 8 aromatic carbocycles. The van der Waals surface area contributed by atoms with Gasteiger partial charge in [-0.25, -0.2) is 0 Å². The molecule has 0 aliphatic carbocycles. The van der Waals surface area contributed by atoms with Gasteiger partial charge in [0, 0.05) is 88.3 Å². The summed E-state index contributed by atoms with van der Waals surface area (Å²) in [6.07, 6.45) is 0. The van der Waals surface area contributed by atoms with Crippen molar-refractivity contribution in [2.75, 3.05) is 0 Å². The molecule has 440 valence electrons. The van der Waals surface area contributed by atoms with Gasteiger partial charge in [0.25, 0.3) is 0 Å². The molecule has 0 atom stereocenters. The van der Waals surface area contributed by atoms with E-state index in [2.05, 4.69) is 44.0 Å². The molecule has 12 rings (SSSR count). The number of furan rings is 4. The van der Waals surface area contributed by atoms with Crippen LogP contribution in [0.1, 0.15) is 145 Å². The monoisotopic (exact) mass is 1280 g/mol. The van der Waals surface area contributed by atoms with Crippen molar-refractivity contribution < 1.29 is 56.6 Å². The predicted molar refractivity (Wildman–Crippen MR) is 349 cm³/mol. The van der Waals surface area contributed by atoms with E-state index in [0.29, 0.717) is 66.5 Å². The average molecular weight is 1280 g/mol. The summed E-state index contributed by atoms with van der Waals surface area (Å²) >= 11 is 6.83. The van der Waals surface area contributed by atoms with E-state index in [4.69, 9.17) is 17.7 Å². The molecule has 12 nitrogen and oxygen atoms in total. The fourth-order valence-electron chi connectivity index (χ4n) is 9.94. The van der Waals surface area contributed by atoms with Gasteiger partial charge in [-0.05, 0) is 177 Å². The topological polar surface area (TPSA) is 195 Å². The molecule has 0 aliphatic heterocycles. The predicted octanol–water partition coefficient (Wildman–Crippen LogP) is 18.6. The number of hydrogen-bond donors (Lipinski definition) is 2. The first kappa shape index (κ1) is 62.4. The van der Waals surface area contributed by atoms with Crippen LogP contribution in [0.25, 0.3) is 87.8 Å². The second-order valence-corrected chi connectivity index (χ2v) is 28.0. The first-order chi connectivity index (χ1) is 40.3. The normalized spacial score (nSPS) is 12.2. The van der Waals surface area contributed by atoms with Gasteiger partial charge in [-0.2, -0.15) is 0 Å². The largest absolute Gasteiger partial charge is 0.456 e. The summed E-state index contributed by atoms with van der Waals surface area (Å²) in [4.78, 5) is 74.1. The van der Waals surface area contributed by atoms with Crippen molar-refractivity contribution in [1.82, 2.24) is 0 Å². The zero-order valence-corrected chi connectivity index (χ0v) is 53.1. The Hall–Kier alpha value is -8.14. The molecular formula is C72H66Br2O12. The molecule has 0 bridgehead atoms. The van der Waals surface area contributed by atoms with Crippen LogP contribution in [0.3, 0.4) is 0 Å². The number of aliphatic hydroxyl groups is 2. The van der Waals surface area contributed by atoms with Crippen LogP contribution in [-0.2, 0) is 0 Å². The minimum atomic E-state index is -1.48. The van der Waals surface area contributed by atoms with Crippen molar-refractivity contribution in [3.63, 3.8) is 0 Å². The molecule has 2 N–H and O–H groups in total. The number of hydrogen-bond acceptors (Lipinski definition) is 12. The Morgan fingerprint density at radius 3 is 0.756 bits per heavy atom. The molecule has 0 amide bonds. The fourth-order valence-corrected chi connectivity index (χ4v) is 10.4. The number of benzene rings is 8. The van der Waals surface area contributed by atoms with Crippen LogP contribution in [-0.4, -0.2) is 64.8 Å². The van der Waals surface area contributed by atoms with Gasteiger partial charge in [0.15, 0.2) is 34.7 Å². The second-order valence-electron chi connectivity index (χ2n) is 24.1. The molecule has 4 aromatic heterocycles. The van der Waals surface area contributed by atoms with Gasteiger partial charge in [-0.3, -0.25) is 28.8 Å². The summed E-state index contributed by atoms with van der Waals surface area (Å²) in [5.74, 6) is -0.686.